The van der Waals surface area contributed by atoms with E-state index in [1.54, 1.807) is 13.8 Å². The molecule has 7 nitrogen and oxygen atoms in total. The molecule has 2 atom stereocenters. The van der Waals surface area contributed by atoms with Crippen molar-refractivity contribution in [3.05, 3.63) is 23.0 Å². The molecular formula is C12H23NaO7S2. The Morgan fingerprint density at radius 3 is 1.36 bits per heavy atom. The fraction of sp³-hybridized carbons (Fsp3) is 0.667. The Hall–Kier alpha value is 0.260. The Bertz CT molecular complexity index is 529. The number of hydrogen-bond acceptors (Lipinski definition) is 5. The Morgan fingerprint density at radius 1 is 0.909 bits per heavy atom. The van der Waals surface area contributed by atoms with E-state index in [1.807, 2.05) is 0 Å². The SMILES string of the molecule is C=C(C(CCC)OC(CCC)C(=C)S(=O)(=O)O)S(=O)(=O)O.[NaH]. The van der Waals surface area contributed by atoms with E-state index in [4.69, 9.17) is 13.8 Å². The van der Waals surface area contributed by atoms with E-state index in [0.29, 0.717) is 12.8 Å². The number of ether oxygens (including phenoxy) is 1. The summed E-state index contributed by atoms with van der Waals surface area (Å²) < 4.78 is 68.0. The summed E-state index contributed by atoms with van der Waals surface area (Å²) in [7, 11) is -9.01. The van der Waals surface area contributed by atoms with Gasteiger partial charge < -0.3 is 4.74 Å². The molecule has 0 aromatic rings. The zero-order chi connectivity index (χ0) is 16.8. The first-order chi connectivity index (χ1) is 9.45. The first-order valence-corrected chi connectivity index (χ1v) is 9.31. The Morgan fingerprint density at radius 2 is 1.18 bits per heavy atom. The molecular weight excluding hydrogens is 343 g/mol. The molecule has 0 aliphatic heterocycles. The molecule has 126 valence electrons. The molecule has 0 aromatic carbocycles. The minimum atomic E-state index is -4.51. The van der Waals surface area contributed by atoms with E-state index < -0.39 is 42.3 Å². The average Bonchev–Trinajstić information content (AvgIpc) is 2.33. The van der Waals surface area contributed by atoms with Crippen LogP contribution in [0.2, 0.25) is 0 Å². The van der Waals surface area contributed by atoms with Gasteiger partial charge in [-0.2, -0.15) is 16.8 Å². The van der Waals surface area contributed by atoms with E-state index in [0.717, 1.165) is 0 Å². The van der Waals surface area contributed by atoms with Crippen molar-refractivity contribution in [3.8, 4) is 0 Å². The molecule has 0 fully saturated rings. The fourth-order valence-corrected chi connectivity index (χ4v) is 2.68. The van der Waals surface area contributed by atoms with Gasteiger partial charge in [0.15, 0.2) is 0 Å². The van der Waals surface area contributed by atoms with Crippen LogP contribution in [0, 0.1) is 0 Å². The summed E-state index contributed by atoms with van der Waals surface area (Å²) in [5.74, 6) is 0. The normalized spacial score (nSPS) is 14.7. The predicted molar refractivity (Wildman–Crippen MR) is 87.0 cm³/mol. The van der Waals surface area contributed by atoms with Gasteiger partial charge in [0.25, 0.3) is 20.2 Å². The molecule has 0 heterocycles. The van der Waals surface area contributed by atoms with Crippen LogP contribution in [0.5, 0.6) is 0 Å². The van der Waals surface area contributed by atoms with Crippen LogP contribution in [0.4, 0.5) is 0 Å². The molecule has 0 saturated heterocycles. The second-order valence-corrected chi connectivity index (χ2v) is 7.52. The van der Waals surface area contributed by atoms with Gasteiger partial charge in [-0.25, -0.2) is 0 Å². The van der Waals surface area contributed by atoms with Gasteiger partial charge in [0, 0.05) is 0 Å². The molecule has 2 unspecified atom stereocenters. The van der Waals surface area contributed by atoms with Gasteiger partial charge in [-0.15, -0.1) is 0 Å². The Kier molecular flexibility index (Phi) is 11.4. The summed E-state index contributed by atoms with van der Waals surface area (Å²) >= 11 is 0. The Balaban J connectivity index is 0. The molecule has 0 amide bonds. The van der Waals surface area contributed by atoms with Gasteiger partial charge in [0.2, 0.25) is 0 Å². The van der Waals surface area contributed by atoms with Gasteiger partial charge in [0.05, 0.1) is 22.0 Å². The van der Waals surface area contributed by atoms with Gasteiger partial charge in [0.1, 0.15) is 0 Å². The summed E-state index contributed by atoms with van der Waals surface area (Å²) in [4.78, 5) is -1.10. The first-order valence-electron chi connectivity index (χ1n) is 6.43. The van der Waals surface area contributed by atoms with Crippen molar-refractivity contribution in [1.29, 1.82) is 0 Å². The molecule has 0 aliphatic carbocycles. The van der Waals surface area contributed by atoms with E-state index in [-0.39, 0.29) is 42.4 Å². The van der Waals surface area contributed by atoms with Gasteiger partial charge in [-0.05, 0) is 12.8 Å². The predicted octanol–water partition coefficient (Wildman–Crippen LogP) is 1.49. The third-order valence-electron chi connectivity index (χ3n) is 2.81. The monoisotopic (exact) mass is 366 g/mol. The van der Waals surface area contributed by atoms with Crippen LogP contribution in [-0.4, -0.2) is 67.7 Å². The van der Waals surface area contributed by atoms with Crippen LogP contribution in [0.15, 0.2) is 23.0 Å². The summed E-state index contributed by atoms with van der Waals surface area (Å²) in [6.07, 6.45) is -0.678. The van der Waals surface area contributed by atoms with Crippen LogP contribution >= 0.6 is 0 Å². The van der Waals surface area contributed by atoms with Crippen molar-refractivity contribution in [3.63, 3.8) is 0 Å². The van der Waals surface area contributed by atoms with Crippen molar-refractivity contribution in [1.82, 2.24) is 0 Å². The topological polar surface area (TPSA) is 118 Å². The van der Waals surface area contributed by atoms with Crippen molar-refractivity contribution in [2.24, 2.45) is 0 Å². The summed E-state index contributed by atoms with van der Waals surface area (Å²) in [5, 5.41) is 0. The van der Waals surface area contributed by atoms with E-state index in [9.17, 15) is 16.8 Å². The van der Waals surface area contributed by atoms with E-state index in [2.05, 4.69) is 13.2 Å². The molecule has 10 heteroatoms. The van der Waals surface area contributed by atoms with Crippen molar-refractivity contribution < 1.29 is 30.7 Å². The zero-order valence-electron chi connectivity index (χ0n) is 12.1. The maximum absolute atomic E-state index is 11.1. The van der Waals surface area contributed by atoms with Crippen molar-refractivity contribution in [2.75, 3.05) is 0 Å². The van der Waals surface area contributed by atoms with Crippen molar-refractivity contribution >= 4 is 49.8 Å². The first kappa shape index (κ1) is 24.5. The van der Waals surface area contributed by atoms with E-state index >= 15 is 0 Å². The van der Waals surface area contributed by atoms with Crippen molar-refractivity contribution in [2.45, 2.75) is 51.7 Å². The molecule has 0 bridgehead atoms. The number of hydrogen-bond donors (Lipinski definition) is 2. The van der Waals surface area contributed by atoms with Crippen LogP contribution in [-0.2, 0) is 25.0 Å². The maximum atomic E-state index is 11.1. The quantitative estimate of drug-likeness (QED) is 0.444. The molecule has 0 aliphatic rings. The third kappa shape index (κ3) is 8.21. The summed E-state index contributed by atoms with van der Waals surface area (Å²) in [6, 6.07) is 0. The molecule has 0 spiro atoms. The standard InChI is InChI=1S/C12H22O7S2.Na.H/c1-5-7-11(9(3)20(13,14)15)19-12(8-6-2)10(4)21(16,17)18;;/h11-12H,3-8H2,1-2H3,(H,13,14,15)(H,16,17,18);;. The summed E-state index contributed by atoms with van der Waals surface area (Å²) in [6.45, 7) is 10.1. The number of rotatable bonds is 10. The van der Waals surface area contributed by atoms with Crippen LogP contribution in [0.1, 0.15) is 39.5 Å². The molecule has 2 N–H and O–H groups in total. The van der Waals surface area contributed by atoms with Crippen LogP contribution in [0.25, 0.3) is 0 Å². The molecule has 0 rings (SSSR count). The van der Waals surface area contributed by atoms with E-state index in [1.165, 1.54) is 0 Å². The van der Waals surface area contributed by atoms with Crippen LogP contribution in [0.3, 0.4) is 0 Å². The summed E-state index contributed by atoms with van der Waals surface area (Å²) in [5.41, 5.74) is 0. The van der Waals surface area contributed by atoms with Gasteiger partial charge in [-0.1, -0.05) is 39.8 Å². The molecule has 0 aromatic heterocycles. The molecule has 0 saturated carbocycles. The van der Waals surface area contributed by atoms with Crippen LogP contribution < -0.4 is 0 Å². The minimum absolute atomic E-state index is 0. The molecule has 0 radical (unpaired) electrons. The van der Waals surface area contributed by atoms with Gasteiger partial charge >= 0.3 is 29.6 Å². The fourth-order valence-electron chi connectivity index (χ4n) is 1.66. The average molecular weight is 366 g/mol. The second kappa shape index (κ2) is 10.2. The second-order valence-electron chi connectivity index (χ2n) is 4.57. The zero-order valence-corrected chi connectivity index (χ0v) is 13.8. The Labute approximate surface area is 154 Å². The van der Waals surface area contributed by atoms with Gasteiger partial charge in [-0.3, -0.25) is 9.11 Å². The third-order valence-corrected chi connectivity index (χ3v) is 4.66. The molecule has 22 heavy (non-hydrogen) atoms.